The highest BCUT2D eigenvalue weighted by Crippen LogP contribution is 2.29. The molecule has 1 N–H and O–H groups in total. The van der Waals surface area contributed by atoms with Crippen LogP contribution in [0.1, 0.15) is 23.0 Å². The van der Waals surface area contributed by atoms with Crippen molar-refractivity contribution in [1.29, 1.82) is 0 Å². The average Bonchev–Trinajstić information content (AvgIpc) is 3.14. The Morgan fingerprint density at radius 2 is 2.21 bits per heavy atom. The van der Waals surface area contributed by atoms with E-state index in [0.29, 0.717) is 11.6 Å². The van der Waals surface area contributed by atoms with E-state index in [1.807, 2.05) is 56.0 Å². The van der Waals surface area contributed by atoms with Gasteiger partial charge in [0, 0.05) is 74.2 Å². The van der Waals surface area contributed by atoms with E-state index in [-0.39, 0.29) is 6.04 Å². The Bertz CT molecular complexity index is 914. The summed E-state index contributed by atoms with van der Waals surface area (Å²) in [7, 11) is 2.04. The second-order valence-corrected chi connectivity index (χ2v) is 7.43. The Morgan fingerprint density at radius 3 is 3.00 bits per heavy atom. The zero-order valence-corrected chi connectivity index (χ0v) is 16.6. The number of imidazole rings is 1. The number of aromatic nitrogens is 3. The van der Waals surface area contributed by atoms with Crippen LogP contribution in [-0.2, 0) is 20.2 Å². The first-order valence-corrected chi connectivity index (χ1v) is 9.80. The number of halogens is 1. The molecule has 0 bridgehead atoms. The third-order valence-electron chi connectivity index (χ3n) is 5.02. The van der Waals surface area contributed by atoms with Crippen LogP contribution >= 0.6 is 11.6 Å². The van der Waals surface area contributed by atoms with Gasteiger partial charge in [0.25, 0.3) is 0 Å². The molecule has 1 aliphatic rings. The van der Waals surface area contributed by atoms with Crippen LogP contribution in [0.15, 0.2) is 55.1 Å². The second-order valence-electron chi connectivity index (χ2n) is 6.99. The summed E-state index contributed by atoms with van der Waals surface area (Å²) in [6.07, 6.45) is 7.43. The molecule has 1 aromatic carbocycles. The first-order chi connectivity index (χ1) is 13.7. The van der Waals surface area contributed by atoms with Gasteiger partial charge in [-0.2, -0.15) is 0 Å². The molecule has 7 heteroatoms. The minimum absolute atomic E-state index is 0.207. The molecule has 6 nitrogen and oxygen atoms in total. The van der Waals surface area contributed by atoms with E-state index >= 15 is 0 Å². The summed E-state index contributed by atoms with van der Waals surface area (Å²) in [4.78, 5) is 11.1. The highest BCUT2D eigenvalue weighted by Gasteiger charge is 2.27. The molecule has 1 fully saturated rings. The van der Waals surface area contributed by atoms with Gasteiger partial charge in [-0.05, 0) is 24.3 Å². The molecule has 0 spiro atoms. The third-order valence-corrected chi connectivity index (χ3v) is 5.26. The highest BCUT2D eigenvalue weighted by molar-refractivity contribution is 6.30. The lowest BCUT2D eigenvalue weighted by molar-refractivity contribution is 0.142. The van der Waals surface area contributed by atoms with Crippen molar-refractivity contribution in [2.24, 2.45) is 7.05 Å². The van der Waals surface area contributed by atoms with Gasteiger partial charge >= 0.3 is 0 Å². The molecule has 1 atom stereocenters. The molecule has 1 aliphatic heterocycles. The van der Waals surface area contributed by atoms with E-state index in [0.717, 1.165) is 48.9 Å². The summed E-state index contributed by atoms with van der Waals surface area (Å²) < 4.78 is 8.19. The van der Waals surface area contributed by atoms with E-state index in [4.69, 9.17) is 16.3 Å². The first-order valence-electron chi connectivity index (χ1n) is 9.43. The summed E-state index contributed by atoms with van der Waals surface area (Å²) >= 11 is 6.30. The van der Waals surface area contributed by atoms with Crippen LogP contribution in [0.4, 0.5) is 0 Å². The molecule has 0 aliphatic carbocycles. The number of hydrogen-bond acceptors (Lipinski definition) is 5. The quantitative estimate of drug-likeness (QED) is 0.692. The van der Waals surface area contributed by atoms with Crippen molar-refractivity contribution in [3.05, 3.63) is 77.1 Å². The van der Waals surface area contributed by atoms with Gasteiger partial charge in [0.2, 0.25) is 0 Å². The predicted molar refractivity (Wildman–Crippen MR) is 109 cm³/mol. The number of nitrogens with zero attached hydrogens (tertiary/aromatic N) is 4. The number of hydrogen-bond donors (Lipinski definition) is 1. The fraction of sp³-hybridized carbons (Fsp3) is 0.333. The van der Waals surface area contributed by atoms with Gasteiger partial charge in [0.05, 0.1) is 6.04 Å². The Kier molecular flexibility index (Phi) is 5.90. The predicted octanol–water partition coefficient (Wildman–Crippen LogP) is 3.19. The number of pyridine rings is 1. The van der Waals surface area contributed by atoms with Crippen LogP contribution in [0.25, 0.3) is 0 Å². The van der Waals surface area contributed by atoms with Crippen LogP contribution in [0.3, 0.4) is 0 Å². The van der Waals surface area contributed by atoms with Crippen molar-refractivity contribution >= 4 is 11.6 Å². The van der Waals surface area contributed by atoms with Gasteiger partial charge in [-0.1, -0.05) is 17.7 Å². The van der Waals surface area contributed by atoms with Crippen molar-refractivity contribution in [1.82, 2.24) is 24.8 Å². The standard InChI is InChI=1S/C21H24ClN5O/c1-26-9-8-25-21(26)19-13-24-7-10-27(19)14-17-11-18(22)4-5-20(17)28-15-16-3-2-6-23-12-16/h2-6,8-9,11-12,19,24H,7,10,13-15H2,1H3. The van der Waals surface area contributed by atoms with E-state index in [1.165, 1.54) is 0 Å². The Balaban J connectivity index is 1.54. The summed E-state index contributed by atoms with van der Waals surface area (Å²) in [5, 5.41) is 4.19. The van der Waals surface area contributed by atoms with Gasteiger partial charge in [0.1, 0.15) is 18.2 Å². The Labute approximate surface area is 170 Å². The van der Waals surface area contributed by atoms with Crippen LogP contribution in [-0.4, -0.2) is 39.1 Å². The van der Waals surface area contributed by atoms with E-state index in [1.54, 1.807) is 6.20 Å². The normalized spacial score (nSPS) is 17.6. The largest absolute Gasteiger partial charge is 0.489 e. The Morgan fingerprint density at radius 1 is 1.29 bits per heavy atom. The van der Waals surface area contributed by atoms with E-state index < -0.39 is 0 Å². The number of ether oxygens (including phenoxy) is 1. The van der Waals surface area contributed by atoms with Gasteiger partial charge in [-0.15, -0.1) is 0 Å². The molecule has 4 rings (SSSR count). The topological polar surface area (TPSA) is 55.2 Å². The van der Waals surface area contributed by atoms with Crippen molar-refractivity contribution in [2.75, 3.05) is 19.6 Å². The monoisotopic (exact) mass is 397 g/mol. The third kappa shape index (κ3) is 4.35. The van der Waals surface area contributed by atoms with Crippen molar-refractivity contribution in [3.63, 3.8) is 0 Å². The molecule has 1 saturated heterocycles. The minimum Gasteiger partial charge on any atom is -0.489 e. The lowest BCUT2D eigenvalue weighted by atomic mass is 10.1. The zero-order valence-electron chi connectivity index (χ0n) is 15.9. The summed E-state index contributed by atoms with van der Waals surface area (Å²) in [6.45, 7) is 3.99. The average molecular weight is 398 g/mol. The maximum absolute atomic E-state index is 6.30. The molecule has 0 radical (unpaired) electrons. The lowest BCUT2D eigenvalue weighted by Crippen LogP contribution is -2.46. The number of piperazine rings is 1. The van der Waals surface area contributed by atoms with Gasteiger partial charge in [-0.3, -0.25) is 9.88 Å². The fourth-order valence-corrected chi connectivity index (χ4v) is 3.76. The number of benzene rings is 1. The van der Waals surface area contributed by atoms with Crippen LogP contribution in [0.5, 0.6) is 5.75 Å². The Hall–Kier alpha value is -2.41. The molecule has 28 heavy (non-hydrogen) atoms. The smallest absolute Gasteiger partial charge is 0.127 e. The summed E-state index contributed by atoms with van der Waals surface area (Å²) in [6, 6.07) is 9.95. The molecule has 146 valence electrons. The maximum Gasteiger partial charge on any atom is 0.127 e. The number of rotatable bonds is 6. The van der Waals surface area contributed by atoms with Gasteiger partial charge in [0.15, 0.2) is 0 Å². The van der Waals surface area contributed by atoms with E-state index in [9.17, 15) is 0 Å². The van der Waals surface area contributed by atoms with Crippen LogP contribution in [0, 0.1) is 0 Å². The van der Waals surface area contributed by atoms with Crippen LogP contribution < -0.4 is 10.1 Å². The summed E-state index contributed by atoms with van der Waals surface area (Å²) in [5.74, 6) is 1.91. The van der Waals surface area contributed by atoms with Crippen molar-refractivity contribution in [2.45, 2.75) is 19.2 Å². The van der Waals surface area contributed by atoms with Gasteiger partial charge < -0.3 is 14.6 Å². The van der Waals surface area contributed by atoms with Crippen LogP contribution in [0.2, 0.25) is 5.02 Å². The SMILES string of the molecule is Cn1ccnc1C1CNCCN1Cc1cc(Cl)ccc1OCc1cccnc1. The molecule has 2 aromatic heterocycles. The highest BCUT2D eigenvalue weighted by atomic mass is 35.5. The van der Waals surface area contributed by atoms with Crippen molar-refractivity contribution in [3.8, 4) is 5.75 Å². The molecule has 1 unspecified atom stereocenters. The fourth-order valence-electron chi connectivity index (χ4n) is 3.56. The molecule has 3 aromatic rings. The molecular formula is C21H24ClN5O. The number of aryl methyl sites for hydroxylation is 1. The van der Waals surface area contributed by atoms with E-state index in [2.05, 4.69) is 24.8 Å². The molecule has 3 heterocycles. The minimum atomic E-state index is 0.207. The number of nitrogens with one attached hydrogen (secondary N) is 1. The molecular weight excluding hydrogens is 374 g/mol. The molecule has 0 saturated carbocycles. The maximum atomic E-state index is 6.30. The lowest BCUT2D eigenvalue weighted by Gasteiger charge is -2.36. The first kappa shape index (κ1) is 18.9. The molecule has 0 amide bonds. The summed E-state index contributed by atoms with van der Waals surface area (Å²) in [5.41, 5.74) is 2.12. The second kappa shape index (κ2) is 8.73. The van der Waals surface area contributed by atoms with Crippen molar-refractivity contribution < 1.29 is 4.74 Å². The van der Waals surface area contributed by atoms with Gasteiger partial charge in [-0.25, -0.2) is 4.98 Å². The zero-order chi connectivity index (χ0) is 19.3.